The Morgan fingerprint density at radius 1 is 0.782 bits per heavy atom. The smallest absolute Gasteiger partial charge is 0.408 e. The molecule has 14 heteroatoms. The molecule has 0 saturated carbocycles. The maximum Gasteiger partial charge on any atom is 0.408 e. The number of amides is 4. The maximum atomic E-state index is 13.9. The molecule has 0 bridgehead atoms. The Hall–Kier alpha value is -4.46. The van der Waals surface area contributed by atoms with Gasteiger partial charge in [0, 0.05) is 49.2 Å². The highest BCUT2D eigenvalue weighted by molar-refractivity contribution is 7.84. The molecule has 13 nitrogen and oxygen atoms in total. The van der Waals surface area contributed by atoms with Crippen LogP contribution in [-0.4, -0.2) is 99.9 Å². The van der Waals surface area contributed by atoms with E-state index in [0.717, 1.165) is 24.8 Å². The number of carbonyl (C=O) groups is 5. The highest BCUT2D eigenvalue weighted by Crippen LogP contribution is 2.14. The molecule has 55 heavy (non-hydrogen) atoms. The van der Waals surface area contributed by atoms with Crippen molar-refractivity contribution in [1.82, 2.24) is 20.9 Å². The first-order chi connectivity index (χ1) is 26.1. The van der Waals surface area contributed by atoms with Crippen LogP contribution in [-0.2, 0) is 52.3 Å². The fourth-order valence-electron chi connectivity index (χ4n) is 5.63. The van der Waals surface area contributed by atoms with E-state index in [-0.39, 0.29) is 43.7 Å². The van der Waals surface area contributed by atoms with E-state index in [2.05, 4.69) is 22.9 Å². The lowest BCUT2D eigenvalue weighted by atomic mass is 10.0. The van der Waals surface area contributed by atoms with E-state index in [1.165, 1.54) is 49.0 Å². The van der Waals surface area contributed by atoms with Gasteiger partial charge in [0.15, 0.2) is 0 Å². The summed E-state index contributed by atoms with van der Waals surface area (Å²) in [5, 5.41) is 17.8. The topological polar surface area (TPSA) is 180 Å². The number of nitrogens with zero attached hydrogens (tertiary/aromatic N) is 1. The zero-order valence-electron chi connectivity index (χ0n) is 33.4. The molecular weight excluding hydrogens is 725 g/mol. The van der Waals surface area contributed by atoms with Gasteiger partial charge < -0.3 is 35.4 Å². The van der Waals surface area contributed by atoms with Gasteiger partial charge in [-0.05, 0) is 56.9 Å². The molecule has 2 aromatic carbocycles. The number of hydrogen-bond acceptors (Lipinski definition) is 9. The second-order valence-corrected chi connectivity index (χ2v) is 16.4. The summed E-state index contributed by atoms with van der Waals surface area (Å²) >= 11 is 0. The number of hydrogen-bond donors (Lipinski definition) is 4. The number of alkyl carbamates (subject to hydrolysis) is 1. The summed E-state index contributed by atoms with van der Waals surface area (Å²) < 4.78 is 22.9. The molecule has 4 amide bonds. The fraction of sp³-hybridized carbons (Fsp3) is 0.585. The molecule has 0 radical (unpaired) electrons. The standard InChI is InChI=1S/C41H62N4O9S/c1-7-8-9-10-11-12-16-26-53-36(47)23-25-45(5)39(50)35(29-30-17-14-13-15-18-30)43-37(48)33(24-27-55(6)52)42-38(49)34(44-40(51)54-41(2,3)4)28-31-19-21-32(46)22-20-31/h13-15,17-22,33-35,46H,7-12,16,23-29H2,1-6H3,(H,42,49)(H,43,48)(H,44,51)/t33-,34+,35+,55?/m1/s1. The first-order valence-electron chi connectivity index (χ1n) is 19.2. The van der Waals surface area contributed by atoms with E-state index in [1.54, 1.807) is 40.0 Å². The second kappa shape index (κ2) is 24.8. The normalized spacial score (nSPS) is 13.4. The van der Waals surface area contributed by atoms with Gasteiger partial charge in [0.1, 0.15) is 29.5 Å². The summed E-state index contributed by atoms with van der Waals surface area (Å²) in [5.74, 6) is -2.16. The van der Waals surface area contributed by atoms with Crippen LogP contribution in [0.2, 0.25) is 0 Å². The molecular formula is C41H62N4O9S. The summed E-state index contributed by atoms with van der Waals surface area (Å²) in [6, 6.07) is 11.7. The average Bonchev–Trinajstić information content (AvgIpc) is 3.12. The lowest BCUT2D eigenvalue weighted by molar-refractivity contribution is -0.145. The molecule has 2 rings (SSSR count). The number of likely N-dealkylation sites (N-methyl/N-ethyl adjacent to an activating group) is 1. The molecule has 0 heterocycles. The monoisotopic (exact) mass is 786 g/mol. The Balaban J connectivity index is 2.19. The average molecular weight is 787 g/mol. The predicted molar refractivity (Wildman–Crippen MR) is 214 cm³/mol. The second-order valence-electron chi connectivity index (χ2n) is 14.8. The third kappa shape index (κ3) is 20.2. The lowest BCUT2D eigenvalue weighted by Crippen LogP contribution is -2.58. The van der Waals surface area contributed by atoms with Crippen LogP contribution in [0.25, 0.3) is 0 Å². The molecule has 0 saturated heterocycles. The van der Waals surface area contributed by atoms with Crippen molar-refractivity contribution in [3.8, 4) is 5.75 Å². The van der Waals surface area contributed by atoms with Crippen molar-refractivity contribution in [2.45, 2.75) is 122 Å². The Morgan fingerprint density at radius 2 is 1.35 bits per heavy atom. The lowest BCUT2D eigenvalue weighted by Gasteiger charge is -2.28. The van der Waals surface area contributed by atoms with Crippen molar-refractivity contribution < 1.29 is 42.8 Å². The number of aromatic hydroxyl groups is 1. The van der Waals surface area contributed by atoms with Crippen molar-refractivity contribution in [2.24, 2.45) is 0 Å². The van der Waals surface area contributed by atoms with Crippen molar-refractivity contribution >= 4 is 40.6 Å². The molecule has 0 aliphatic carbocycles. The minimum Gasteiger partial charge on any atom is -0.508 e. The van der Waals surface area contributed by atoms with E-state index in [0.29, 0.717) is 12.2 Å². The number of rotatable bonds is 24. The molecule has 4 N–H and O–H groups in total. The molecule has 0 aromatic heterocycles. The third-order valence-corrected chi connectivity index (χ3v) is 9.46. The first-order valence-corrected chi connectivity index (χ1v) is 20.9. The molecule has 0 aliphatic heterocycles. The van der Waals surface area contributed by atoms with E-state index in [9.17, 15) is 33.3 Å². The largest absolute Gasteiger partial charge is 0.508 e. The molecule has 0 spiro atoms. The number of phenols is 1. The van der Waals surface area contributed by atoms with E-state index >= 15 is 0 Å². The Labute approximate surface area is 329 Å². The molecule has 306 valence electrons. The van der Waals surface area contributed by atoms with Crippen LogP contribution in [0.1, 0.15) is 96.6 Å². The van der Waals surface area contributed by atoms with Gasteiger partial charge in [-0.15, -0.1) is 0 Å². The van der Waals surface area contributed by atoms with Crippen LogP contribution < -0.4 is 16.0 Å². The minimum atomic E-state index is -1.32. The van der Waals surface area contributed by atoms with Gasteiger partial charge in [0.2, 0.25) is 17.7 Å². The van der Waals surface area contributed by atoms with Gasteiger partial charge in [-0.1, -0.05) is 87.9 Å². The number of benzene rings is 2. The molecule has 0 fully saturated rings. The van der Waals surface area contributed by atoms with Crippen LogP contribution in [0, 0.1) is 0 Å². The number of carbonyl (C=O) groups excluding carboxylic acids is 5. The van der Waals surface area contributed by atoms with Crippen LogP contribution in [0.5, 0.6) is 5.75 Å². The number of nitrogens with one attached hydrogen (secondary N) is 3. The molecule has 2 aromatic rings. The highest BCUT2D eigenvalue weighted by Gasteiger charge is 2.32. The first kappa shape index (κ1) is 46.7. The Bertz CT molecular complexity index is 1520. The molecule has 1 unspecified atom stereocenters. The van der Waals surface area contributed by atoms with Crippen molar-refractivity contribution in [2.75, 3.05) is 32.2 Å². The minimum absolute atomic E-state index is 0.000792. The fourth-order valence-corrected chi connectivity index (χ4v) is 6.19. The SMILES string of the molecule is CCCCCCCCCOC(=O)CCN(C)C(=O)[C@H](Cc1ccccc1)NC(=O)[C@@H](CCS(C)=O)NC(=O)[C@H](Cc1ccc(O)cc1)NC(=O)OC(C)(C)C. The highest BCUT2D eigenvalue weighted by atomic mass is 32.2. The summed E-state index contributed by atoms with van der Waals surface area (Å²) in [4.78, 5) is 68.2. The quantitative estimate of drug-likeness (QED) is 0.0846. The van der Waals surface area contributed by atoms with Crippen LogP contribution in [0.15, 0.2) is 54.6 Å². The van der Waals surface area contributed by atoms with Crippen LogP contribution >= 0.6 is 0 Å². The molecule has 0 aliphatic rings. The zero-order chi connectivity index (χ0) is 40.8. The summed E-state index contributed by atoms with van der Waals surface area (Å²) in [7, 11) is 0.227. The number of phenolic OH excluding ortho intramolecular Hbond substituents is 1. The van der Waals surface area contributed by atoms with E-state index in [1.807, 2.05) is 30.3 Å². The van der Waals surface area contributed by atoms with Crippen LogP contribution in [0.4, 0.5) is 4.79 Å². The summed E-state index contributed by atoms with van der Waals surface area (Å²) in [5.41, 5.74) is 0.537. The van der Waals surface area contributed by atoms with Gasteiger partial charge in [-0.2, -0.15) is 0 Å². The number of esters is 1. The van der Waals surface area contributed by atoms with E-state index in [4.69, 9.17) is 9.47 Å². The number of ether oxygens (including phenoxy) is 2. The van der Waals surface area contributed by atoms with Gasteiger partial charge in [-0.25, -0.2) is 4.79 Å². The zero-order valence-corrected chi connectivity index (χ0v) is 34.2. The predicted octanol–water partition coefficient (Wildman–Crippen LogP) is 4.95. The Morgan fingerprint density at radius 3 is 1.96 bits per heavy atom. The van der Waals surface area contributed by atoms with Gasteiger partial charge in [-0.3, -0.25) is 23.4 Å². The van der Waals surface area contributed by atoms with Gasteiger partial charge in [0.05, 0.1) is 13.0 Å². The van der Waals surface area contributed by atoms with Gasteiger partial charge >= 0.3 is 12.1 Å². The summed E-state index contributed by atoms with van der Waals surface area (Å²) in [6.45, 7) is 7.62. The Kier molecular flexibility index (Phi) is 21.1. The van der Waals surface area contributed by atoms with E-state index < -0.39 is 64.3 Å². The van der Waals surface area contributed by atoms with Crippen LogP contribution in [0.3, 0.4) is 0 Å². The van der Waals surface area contributed by atoms with Crippen molar-refractivity contribution in [3.63, 3.8) is 0 Å². The van der Waals surface area contributed by atoms with Crippen molar-refractivity contribution in [3.05, 3.63) is 65.7 Å². The van der Waals surface area contributed by atoms with Crippen molar-refractivity contribution in [1.29, 1.82) is 0 Å². The molecule has 4 atom stereocenters. The van der Waals surface area contributed by atoms with Gasteiger partial charge in [0.25, 0.3) is 0 Å². The number of unbranched alkanes of at least 4 members (excludes halogenated alkanes) is 6. The maximum absolute atomic E-state index is 13.9. The summed E-state index contributed by atoms with van der Waals surface area (Å²) in [6.07, 6.45) is 8.41. The third-order valence-electron chi connectivity index (χ3n) is 8.65.